The molecular formula is C61H120O5. The molecule has 0 bridgehead atoms. The highest BCUT2D eigenvalue weighted by Crippen LogP contribution is 2.19. The maximum absolute atomic E-state index is 12.3. The van der Waals surface area contributed by atoms with Gasteiger partial charge in [-0.3, -0.25) is 9.59 Å². The molecule has 5 nitrogen and oxygen atoms in total. The normalized spacial score (nSPS) is 12.0. The highest BCUT2D eigenvalue weighted by Gasteiger charge is 2.16. The van der Waals surface area contributed by atoms with Crippen LogP contribution in [0.3, 0.4) is 0 Å². The van der Waals surface area contributed by atoms with Crippen LogP contribution in [0.1, 0.15) is 361 Å². The van der Waals surface area contributed by atoms with Gasteiger partial charge in [-0.05, 0) is 12.8 Å². The van der Waals surface area contributed by atoms with Gasteiger partial charge in [0.1, 0.15) is 6.61 Å². The molecule has 0 fully saturated rings. The van der Waals surface area contributed by atoms with Crippen LogP contribution in [0.15, 0.2) is 0 Å². The van der Waals surface area contributed by atoms with E-state index in [0.29, 0.717) is 12.8 Å². The van der Waals surface area contributed by atoms with Gasteiger partial charge in [0.25, 0.3) is 0 Å². The van der Waals surface area contributed by atoms with E-state index in [-0.39, 0.29) is 25.2 Å². The van der Waals surface area contributed by atoms with Crippen LogP contribution in [0, 0.1) is 0 Å². The van der Waals surface area contributed by atoms with Gasteiger partial charge in [-0.2, -0.15) is 0 Å². The minimum Gasteiger partial charge on any atom is -0.462 e. The molecule has 0 aromatic rings. The predicted octanol–water partition coefficient (Wildman–Crippen LogP) is 20.5. The summed E-state index contributed by atoms with van der Waals surface area (Å²) in [5.74, 6) is -0.568. The molecule has 66 heavy (non-hydrogen) atoms. The summed E-state index contributed by atoms with van der Waals surface area (Å²) in [6, 6.07) is 0. The Bertz CT molecular complexity index is 921. The third-order valence-corrected chi connectivity index (χ3v) is 14.4. The number of hydrogen-bond donors (Lipinski definition) is 1. The van der Waals surface area contributed by atoms with Gasteiger partial charge in [0.15, 0.2) is 6.10 Å². The second-order valence-electron chi connectivity index (χ2n) is 21.2. The molecule has 0 saturated carbocycles. The van der Waals surface area contributed by atoms with Crippen LogP contribution >= 0.6 is 0 Å². The molecule has 1 unspecified atom stereocenters. The molecule has 0 amide bonds. The number of aliphatic hydroxyl groups excluding tert-OH is 1. The molecule has 0 radical (unpaired) electrons. The average Bonchev–Trinajstić information content (AvgIpc) is 3.32. The van der Waals surface area contributed by atoms with Crippen molar-refractivity contribution in [1.29, 1.82) is 0 Å². The van der Waals surface area contributed by atoms with E-state index in [1.165, 1.54) is 302 Å². The first-order valence-corrected chi connectivity index (χ1v) is 30.6. The second-order valence-corrected chi connectivity index (χ2v) is 21.2. The zero-order chi connectivity index (χ0) is 47.7. The zero-order valence-electron chi connectivity index (χ0n) is 45.3. The topological polar surface area (TPSA) is 72.8 Å². The Kier molecular flexibility index (Phi) is 57.2. The molecule has 1 atom stereocenters. The van der Waals surface area contributed by atoms with Gasteiger partial charge in [0.2, 0.25) is 0 Å². The van der Waals surface area contributed by atoms with Crippen molar-refractivity contribution in [1.82, 2.24) is 0 Å². The summed E-state index contributed by atoms with van der Waals surface area (Å²) in [5, 5.41) is 9.62. The van der Waals surface area contributed by atoms with Crippen LogP contribution in [-0.2, 0) is 19.1 Å². The third kappa shape index (κ3) is 55.5. The van der Waals surface area contributed by atoms with Crippen molar-refractivity contribution in [3.8, 4) is 0 Å². The minimum absolute atomic E-state index is 0.0565. The largest absolute Gasteiger partial charge is 0.462 e. The SMILES string of the molecule is CCCCCCCCCCCCCCCCCCCCCCCCCCCCCCCCCCCCCCCCCCC(=O)OC(CO)COC(=O)CCCCCCCCCCCCCC. The van der Waals surface area contributed by atoms with Gasteiger partial charge in [-0.15, -0.1) is 0 Å². The number of aliphatic hydroxyl groups is 1. The lowest BCUT2D eigenvalue weighted by atomic mass is 10.0. The van der Waals surface area contributed by atoms with E-state index in [2.05, 4.69) is 13.8 Å². The Morgan fingerprint density at radius 3 is 0.667 bits per heavy atom. The molecule has 0 spiro atoms. The molecule has 394 valence electrons. The van der Waals surface area contributed by atoms with E-state index in [4.69, 9.17) is 9.47 Å². The summed E-state index contributed by atoms with van der Waals surface area (Å²) >= 11 is 0. The van der Waals surface area contributed by atoms with Crippen molar-refractivity contribution in [2.24, 2.45) is 0 Å². The Morgan fingerprint density at radius 1 is 0.288 bits per heavy atom. The second kappa shape index (κ2) is 58.2. The quantitative estimate of drug-likeness (QED) is 0.0486. The summed E-state index contributed by atoms with van der Waals surface area (Å²) < 4.78 is 10.7. The molecule has 5 heteroatoms. The summed E-state index contributed by atoms with van der Waals surface area (Å²) in [6.45, 7) is 4.19. The van der Waals surface area contributed by atoms with Gasteiger partial charge >= 0.3 is 11.9 Å². The first-order valence-electron chi connectivity index (χ1n) is 30.6. The van der Waals surface area contributed by atoms with Crippen LogP contribution in [0.4, 0.5) is 0 Å². The van der Waals surface area contributed by atoms with E-state index in [0.717, 1.165) is 32.1 Å². The van der Waals surface area contributed by atoms with Crippen molar-refractivity contribution < 1.29 is 24.2 Å². The number of esters is 2. The van der Waals surface area contributed by atoms with Crippen LogP contribution in [0.5, 0.6) is 0 Å². The Balaban J connectivity index is 3.30. The van der Waals surface area contributed by atoms with Crippen molar-refractivity contribution >= 4 is 11.9 Å². The van der Waals surface area contributed by atoms with Crippen molar-refractivity contribution in [2.75, 3.05) is 13.2 Å². The number of unbranched alkanes of at least 4 members (excludes halogenated alkanes) is 50. The van der Waals surface area contributed by atoms with E-state index < -0.39 is 6.10 Å². The zero-order valence-corrected chi connectivity index (χ0v) is 45.3. The molecule has 0 saturated heterocycles. The molecule has 0 aliphatic heterocycles. The fourth-order valence-corrected chi connectivity index (χ4v) is 9.80. The minimum atomic E-state index is -0.763. The Morgan fingerprint density at radius 2 is 0.470 bits per heavy atom. The predicted molar refractivity (Wildman–Crippen MR) is 289 cm³/mol. The smallest absolute Gasteiger partial charge is 0.306 e. The number of hydrogen-bond acceptors (Lipinski definition) is 5. The van der Waals surface area contributed by atoms with E-state index in [1.54, 1.807) is 0 Å². The lowest BCUT2D eigenvalue weighted by Crippen LogP contribution is -2.28. The van der Waals surface area contributed by atoms with Crippen LogP contribution in [-0.4, -0.2) is 36.4 Å². The van der Waals surface area contributed by atoms with E-state index in [9.17, 15) is 14.7 Å². The number of carbonyl (C=O) groups is 2. The Hall–Kier alpha value is -1.10. The average molecular weight is 934 g/mol. The van der Waals surface area contributed by atoms with Crippen LogP contribution in [0.25, 0.3) is 0 Å². The standard InChI is InChI=1S/C61H120O5/c1-3-5-7-9-11-13-15-17-18-19-20-21-22-23-24-25-26-27-28-29-30-31-32-33-34-35-36-37-38-39-40-41-42-43-44-46-48-50-52-54-56-61(64)66-59(57-62)58-65-60(63)55-53-51-49-47-45-16-14-12-10-8-6-4-2/h59,62H,3-58H2,1-2H3. The monoisotopic (exact) mass is 933 g/mol. The summed E-state index contributed by atoms with van der Waals surface area (Å²) in [7, 11) is 0. The maximum Gasteiger partial charge on any atom is 0.306 e. The molecule has 0 aliphatic carbocycles. The van der Waals surface area contributed by atoms with Crippen molar-refractivity contribution in [3.05, 3.63) is 0 Å². The van der Waals surface area contributed by atoms with Crippen LogP contribution in [0.2, 0.25) is 0 Å². The molecular weight excluding hydrogens is 813 g/mol. The number of ether oxygens (including phenoxy) is 2. The van der Waals surface area contributed by atoms with E-state index in [1.807, 2.05) is 0 Å². The molecule has 0 aromatic carbocycles. The first kappa shape index (κ1) is 64.9. The molecule has 0 aliphatic rings. The fraction of sp³-hybridized carbons (Fsp3) is 0.967. The summed E-state index contributed by atoms with van der Waals surface area (Å²) in [4.78, 5) is 24.4. The lowest BCUT2D eigenvalue weighted by molar-refractivity contribution is -0.161. The van der Waals surface area contributed by atoms with Gasteiger partial charge in [-0.1, -0.05) is 335 Å². The van der Waals surface area contributed by atoms with Gasteiger partial charge in [-0.25, -0.2) is 0 Å². The highest BCUT2D eigenvalue weighted by molar-refractivity contribution is 5.70. The van der Waals surface area contributed by atoms with Gasteiger partial charge in [0, 0.05) is 12.8 Å². The van der Waals surface area contributed by atoms with Gasteiger partial charge in [0.05, 0.1) is 6.61 Å². The first-order chi connectivity index (χ1) is 32.6. The Labute approximate surface area is 414 Å². The molecule has 0 heterocycles. The summed E-state index contributed by atoms with van der Waals surface area (Å²) in [5.41, 5.74) is 0. The molecule has 0 rings (SSSR count). The molecule has 0 aromatic heterocycles. The third-order valence-electron chi connectivity index (χ3n) is 14.4. The summed E-state index contributed by atoms with van der Waals surface area (Å²) in [6.07, 6.45) is 71.3. The maximum atomic E-state index is 12.3. The van der Waals surface area contributed by atoms with Gasteiger partial charge < -0.3 is 14.6 Å². The van der Waals surface area contributed by atoms with Crippen molar-refractivity contribution in [2.45, 2.75) is 367 Å². The fourth-order valence-electron chi connectivity index (χ4n) is 9.80. The highest BCUT2D eigenvalue weighted by atomic mass is 16.6. The number of carbonyl (C=O) groups excluding carboxylic acids is 2. The van der Waals surface area contributed by atoms with Crippen molar-refractivity contribution in [3.63, 3.8) is 0 Å². The number of rotatable bonds is 58. The molecule has 1 N–H and O–H groups in total. The van der Waals surface area contributed by atoms with Crippen LogP contribution < -0.4 is 0 Å². The van der Waals surface area contributed by atoms with E-state index >= 15 is 0 Å². The lowest BCUT2D eigenvalue weighted by Gasteiger charge is -2.15.